The Morgan fingerprint density at radius 1 is 1.20 bits per heavy atom. The number of hydrogen-bond donors (Lipinski definition) is 2. The van der Waals surface area contributed by atoms with Crippen molar-refractivity contribution < 1.29 is 17.9 Å². The molecule has 2 heterocycles. The number of nitrogens with one attached hydrogen (secondary N) is 2. The number of carbonyl (C=O) groups is 1. The smallest absolute Gasteiger partial charge is 0.243 e. The van der Waals surface area contributed by atoms with Crippen LogP contribution < -0.4 is 5.32 Å². The topological polar surface area (TPSA) is 104 Å². The highest BCUT2D eigenvalue weighted by Gasteiger charge is 2.26. The molecular weight excluding hydrogens is 424 g/mol. The number of aromatic nitrogens is 2. The van der Waals surface area contributed by atoms with Gasteiger partial charge in [0.15, 0.2) is 5.16 Å². The lowest BCUT2D eigenvalue weighted by atomic mass is 10.2. The Labute approximate surface area is 179 Å². The lowest BCUT2D eigenvalue weighted by molar-refractivity contribution is -0.113. The fraction of sp³-hybridized carbons (Fsp3) is 0.300. The Bertz CT molecular complexity index is 1150. The lowest BCUT2D eigenvalue weighted by Crippen LogP contribution is -2.40. The molecule has 1 aromatic heterocycles. The highest BCUT2D eigenvalue weighted by molar-refractivity contribution is 7.99. The fourth-order valence-electron chi connectivity index (χ4n) is 3.15. The molecule has 1 aliphatic rings. The lowest BCUT2D eigenvalue weighted by Gasteiger charge is -2.26. The van der Waals surface area contributed by atoms with Gasteiger partial charge in [-0.05, 0) is 48.9 Å². The summed E-state index contributed by atoms with van der Waals surface area (Å²) < 4.78 is 31.9. The Morgan fingerprint density at radius 3 is 2.67 bits per heavy atom. The fourth-order valence-corrected chi connectivity index (χ4v) is 5.24. The molecule has 1 saturated heterocycles. The summed E-state index contributed by atoms with van der Waals surface area (Å²) in [5.74, 6) is -0.00692. The van der Waals surface area contributed by atoms with E-state index in [4.69, 9.17) is 4.74 Å². The molecule has 1 aliphatic heterocycles. The third-order valence-corrected chi connectivity index (χ3v) is 7.49. The Balaban J connectivity index is 1.35. The second-order valence-electron chi connectivity index (χ2n) is 6.94. The first kappa shape index (κ1) is 20.9. The maximum Gasteiger partial charge on any atom is 0.243 e. The molecule has 10 heteroatoms. The molecule has 0 radical (unpaired) electrons. The van der Waals surface area contributed by atoms with E-state index in [2.05, 4.69) is 15.3 Å². The van der Waals surface area contributed by atoms with E-state index < -0.39 is 10.0 Å². The summed E-state index contributed by atoms with van der Waals surface area (Å²) in [5, 5.41) is 3.46. The van der Waals surface area contributed by atoms with Gasteiger partial charge in [-0.25, -0.2) is 13.4 Å². The molecule has 158 valence electrons. The summed E-state index contributed by atoms with van der Waals surface area (Å²) in [6, 6.07) is 12.2. The molecule has 2 aromatic carbocycles. The number of H-pyrrole nitrogens is 1. The van der Waals surface area contributed by atoms with E-state index >= 15 is 0 Å². The molecular formula is C20H22N4O4S2. The number of benzene rings is 2. The number of thioether (sulfide) groups is 1. The number of fused-ring (bicyclic) bond motifs is 1. The largest absolute Gasteiger partial charge is 0.379 e. The summed E-state index contributed by atoms with van der Waals surface area (Å²) in [6.45, 7) is 3.50. The second-order valence-corrected chi connectivity index (χ2v) is 9.84. The highest BCUT2D eigenvalue weighted by Crippen LogP contribution is 2.22. The van der Waals surface area contributed by atoms with E-state index in [1.54, 1.807) is 12.1 Å². The number of anilines is 1. The van der Waals surface area contributed by atoms with Crippen LogP contribution >= 0.6 is 11.8 Å². The maximum atomic E-state index is 12.6. The number of ether oxygens (including phenoxy) is 1. The Kier molecular flexibility index (Phi) is 6.09. The van der Waals surface area contributed by atoms with Gasteiger partial charge in [-0.2, -0.15) is 4.31 Å². The number of nitrogens with zero attached hydrogens (tertiary/aromatic N) is 2. The summed E-state index contributed by atoms with van der Waals surface area (Å²) in [4.78, 5) is 20.1. The van der Waals surface area contributed by atoms with Crippen LogP contribution in [-0.4, -0.2) is 60.7 Å². The summed E-state index contributed by atoms with van der Waals surface area (Å²) >= 11 is 1.31. The van der Waals surface area contributed by atoms with Crippen LogP contribution in [0.15, 0.2) is 52.5 Å². The van der Waals surface area contributed by atoms with Crippen molar-refractivity contribution in [2.24, 2.45) is 0 Å². The molecule has 0 unspecified atom stereocenters. The molecule has 30 heavy (non-hydrogen) atoms. The average Bonchev–Trinajstić information content (AvgIpc) is 3.15. The number of amides is 1. The zero-order valence-electron chi connectivity index (χ0n) is 16.4. The van der Waals surface area contributed by atoms with Crippen LogP contribution in [0.2, 0.25) is 0 Å². The molecule has 0 saturated carbocycles. The first-order chi connectivity index (χ1) is 14.4. The number of morpholine rings is 1. The van der Waals surface area contributed by atoms with Gasteiger partial charge in [-0.1, -0.05) is 17.8 Å². The third-order valence-electron chi connectivity index (χ3n) is 4.70. The van der Waals surface area contributed by atoms with Crippen LogP contribution in [0.25, 0.3) is 11.0 Å². The molecule has 4 rings (SSSR count). The van der Waals surface area contributed by atoms with Crippen LogP contribution in [0.3, 0.4) is 0 Å². The first-order valence-electron chi connectivity index (χ1n) is 9.49. The van der Waals surface area contributed by atoms with Gasteiger partial charge in [0.05, 0.1) is 34.9 Å². The highest BCUT2D eigenvalue weighted by atomic mass is 32.2. The van der Waals surface area contributed by atoms with E-state index in [9.17, 15) is 13.2 Å². The van der Waals surface area contributed by atoms with Gasteiger partial charge < -0.3 is 15.0 Å². The van der Waals surface area contributed by atoms with Crippen molar-refractivity contribution in [3.8, 4) is 0 Å². The normalized spacial score (nSPS) is 15.4. The molecule has 3 aromatic rings. The van der Waals surface area contributed by atoms with Crippen molar-refractivity contribution in [3.05, 3.63) is 48.0 Å². The van der Waals surface area contributed by atoms with Gasteiger partial charge in [0.1, 0.15) is 0 Å². The number of carbonyl (C=O) groups excluding carboxylic acids is 1. The molecule has 0 atom stereocenters. The van der Waals surface area contributed by atoms with Crippen LogP contribution in [0, 0.1) is 6.92 Å². The molecule has 2 N–H and O–H groups in total. The quantitative estimate of drug-likeness (QED) is 0.564. The van der Waals surface area contributed by atoms with Gasteiger partial charge in [-0.15, -0.1) is 0 Å². The zero-order valence-corrected chi connectivity index (χ0v) is 18.1. The molecule has 0 bridgehead atoms. The van der Waals surface area contributed by atoms with Gasteiger partial charge in [0, 0.05) is 18.8 Å². The van der Waals surface area contributed by atoms with E-state index in [-0.39, 0.29) is 16.6 Å². The van der Waals surface area contributed by atoms with Crippen LogP contribution in [0.5, 0.6) is 0 Å². The minimum Gasteiger partial charge on any atom is -0.379 e. The van der Waals surface area contributed by atoms with Crippen molar-refractivity contribution in [1.82, 2.24) is 14.3 Å². The summed E-state index contributed by atoms with van der Waals surface area (Å²) in [5.41, 5.74) is 3.48. The summed E-state index contributed by atoms with van der Waals surface area (Å²) in [7, 11) is -3.55. The maximum absolute atomic E-state index is 12.6. The van der Waals surface area contributed by atoms with Crippen molar-refractivity contribution in [1.29, 1.82) is 0 Å². The number of imidazole rings is 1. The average molecular weight is 447 g/mol. The minimum atomic E-state index is -3.55. The number of aryl methyl sites for hydroxylation is 1. The van der Waals surface area contributed by atoms with E-state index in [0.29, 0.717) is 37.1 Å². The van der Waals surface area contributed by atoms with Crippen molar-refractivity contribution in [2.45, 2.75) is 17.0 Å². The SMILES string of the molecule is Cc1ccc2nc(SCC(=O)Nc3ccc(S(=O)(=O)N4CCOCC4)cc3)[nH]c2c1. The van der Waals surface area contributed by atoms with Gasteiger partial charge >= 0.3 is 0 Å². The van der Waals surface area contributed by atoms with Gasteiger partial charge in [0.2, 0.25) is 15.9 Å². The van der Waals surface area contributed by atoms with Crippen LogP contribution in [-0.2, 0) is 19.6 Å². The Hall–Kier alpha value is -2.40. The molecule has 0 aliphatic carbocycles. The Morgan fingerprint density at radius 2 is 1.93 bits per heavy atom. The van der Waals surface area contributed by atoms with E-state index in [1.807, 2.05) is 25.1 Å². The predicted molar refractivity (Wildman–Crippen MR) is 116 cm³/mol. The van der Waals surface area contributed by atoms with Crippen molar-refractivity contribution in [3.63, 3.8) is 0 Å². The van der Waals surface area contributed by atoms with E-state index in [1.165, 1.54) is 28.2 Å². The van der Waals surface area contributed by atoms with Crippen molar-refractivity contribution in [2.75, 3.05) is 37.4 Å². The van der Waals surface area contributed by atoms with E-state index in [0.717, 1.165) is 16.6 Å². The molecule has 1 amide bonds. The molecule has 0 spiro atoms. The standard InChI is InChI=1S/C20H22N4O4S2/c1-14-2-7-17-18(12-14)23-20(22-17)29-13-19(25)21-15-3-5-16(6-4-15)30(26,27)24-8-10-28-11-9-24/h2-7,12H,8-11,13H2,1H3,(H,21,25)(H,22,23). The number of sulfonamides is 1. The van der Waals surface area contributed by atoms with Crippen molar-refractivity contribution >= 4 is 44.4 Å². The number of hydrogen-bond acceptors (Lipinski definition) is 6. The minimum absolute atomic E-state index is 0.187. The number of aromatic amines is 1. The van der Waals surface area contributed by atoms with Gasteiger partial charge in [0.25, 0.3) is 0 Å². The van der Waals surface area contributed by atoms with Crippen LogP contribution in [0.4, 0.5) is 5.69 Å². The second kappa shape index (κ2) is 8.76. The molecule has 1 fully saturated rings. The summed E-state index contributed by atoms with van der Waals surface area (Å²) in [6.07, 6.45) is 0. The van der Waals surface area contributed by atoms with Crippen LogP contribution in [0.1, 0.15) is 5.56 Å². The number of rotatable bonds is 6. The predicted octanol–water partition coefficient (Wildman–Crippen LogP) is 2.62. The zero-order chi connectivity index (χ0) is 21.1. The van der Waals surface area contributed by atoms with Gasteiger partial charge in [-0.3, -0.25) is 4.79 Å². The monoisotopic (exact) mass is 446 g/mol. The molecule has 8 nitrogen and oxygen atoms in total. The third kappa shape index (κ3) is 4.67. The first-order valence-corrected chi connectivity index (χ1v) is 11.9.